The predicted molar refractivity (Wildman–Crippen MR) is 60.5 cm³/mol. The van der Waals surface area contributed by atoms with Gasteiger partial charge in [0.15, 0.2) is 0 Å². The summed E-state index contributed by atoms with van der Waals surface area (Å²) in [5.41, 5.74) is 0.627. The zero-order valence-electron chi connectivity index (χ0n) is 8.98. The molecule has 1 aromatic rings. The molecule has 0 spiro atoms. The highest BCUT2D eigenvalue weighted by atomic mass is 32.2. The van der Waals surface area contributed by atoms with Crippen molar-refractivity contribution in [2.45, 2.75) is 6.42 Å². The van der Waals surface area contributed by atoms with Crippen molar-refractivity contribution in [2.75, 3.05) is 17.2 Å². The van der Waals surface area contributed by atoms with Gasteiger partial charge >= 0.3 is 0 Å². The fraction of sp³-hybridized carbons (Fsp3) is 0.444. The molecule has 0 bridgehead atoms. The van der Waals surface area contributed by atoms with Crippen LogP contribution in [-0.4, -0.2) is 36.8 Å². The summed E-state index contributed by atoms with van der Waals surface area (Å²) in [4.78, 5) is 13.2. The van der Waals surface area contributed by atoms with Crippen molar-refractivity contribution in [1.82, 2.24) is 10.2 Å². The molecule has 0 aliphatic carbocycles. The SMILES string of the molecule is NS(=O)(=O)CC1CC(=O)N(c2ccnnc2)C1. The third kappa shape index (κ3) is 2.98. The number of nitrogens with zero attached hydrogens (tertiary/aromatic N) is 3. The second-order valence-corrected chi connectivity index (χ2v) is 5.66. The first-order valence-electron chi connectivity index (χ1n) is 5.03. The van der Waals surface area contributed by atoms with Crippen LogP contribution in [0.15, 0.2) is 18.5 Å². The zero-order valence-corrected chi connectivity index (χ0v) is 9.80. The second-order valence-electron chi connectivity index (χ2n) is 4.00. The van der Waals surface area contributed by atoms with Crippen molar-refractivity contribution in [1.29, 1.82) is 0 Å². The Kier molecular flexibility index (Phi) is 3.07. The minimum atomic E-state index is -3.54. The Labute approximate surface area is 98.7 Å². The molecule has 7 nitrogen and oxygen atoms in total. The van der Waals surface area contributed by atoms with E-state index in [4.69, 9.17) is 5.14 Å². The lowest BCUT2D eigenvalue weighted by atomic mass is 10.1. The highest BCUT2D eigenvalue weighted by molar-refractivity contribution is 7.89. The summed E-state index contributed by atoms with van der Waals surface area (Å²) in [7, 11) is -3.54. The highest BCUT2D eigenvalue weighted by Crippen LogP contribution is 2.24. The van der Waals surface area contributed by atoms with Gasteiger partial charge in [-0.1, -0.05) is 0 Å². The molecule has 1 fully saturated rings. The molecule has 92 valence electrons. The fourth-order valence-corrected chi connectivity index (χ4v) is 2.79. The van der Waals surface area contributed by atoms with Crippen LogP contribution in [0.1, 0.15) is 6.42 Å². The van der Waals surface area contributed by atoms with E-state index < -0.39 is 10.0 Å². The molecule has 0 saturated carbocycles. The highest BCUT2D eigenvalue weighted by Gasteiger charge is 2.32. The first-order chi connectivity index (χ1) is 7.96. The maximum absolute atomic E-state index is 11.7. The standard InChI is InChI=1S/C9H12N4O3S/c10-17(15,16)6-7-3-9(14)13(5-7)8-1-2-11-12-4-8/h1-2,4,7H,3,5-6H2,(H2,10,15,16). The Hall–Kier alpha value is -1.54. The maximum atomic E-state index is 11.7. The summed E-state index contributed by atoms with van der Waals surface area (Å²) < 4.78 is 21.9. The number of primary sulfonamides is 1. The molecular weight excluding hydrogens is 244 g/mol. The van der Waals surface area contributed by atoms with Gasteiger partial charge in [0.05, 0.1) is 23.8 Å². The Morgan fingerprint density at radius 1 is 1.47 bits per heavy atom. The van der Waals surface area contributed by atoms with Gasteiger partial charge in [0, 0.05) is 18.9 Å². The van der Waals surface area contributed by atoms with Gasteiger partial charge in [-0.05, 0) is 6.07 Å². The molecule has 1 unspecified atom stereocenters. The average molecular weight is 256 g/mol. The van der Waals surface area contributed by atoms with E-state index in [1.807, 2.05) is 0 Å². The van der Waals surface area contributed by atoms with Crippen molar-refractivity contribution < 1.29 is 13.2 Å². The summed E-state index contributed by atoms with van der Waals surface area (Å²) >= 11 is 0. The van der Waals surface area contributed by atoms with Gasteiger partial charge in [-0.15, -0.1) is 0 Å². The van der Waals surface area contributed by atoms with Gasteiger partial charge in [-0.25, -0.2) is 13.6 Å². The minimum absolute atomic E-state index is 0.119. The van der Waals surface area contributed by atoms with E-state index >= 15 is 0 Å². The topological polar surface area (TPSA) is 106 Å². The minimum Gasteiger partial charge on any atom is -0.310 e. The number of sulfonamides is 1. The number of rotatable bonds is 3. The Balaban J connectivity index is 2.11. The fourth-order valence-electron chi connectivity index (χ4n) is 1.91. The number of amides is 1. The van der Waals surface area contributed by atoms with Crippen molar-refractivity contribution in [3.63, 3.8) is 0 Å². The lowest BCUT2D eigenvalue weighted by molar-refractivity contribution is -0.117. The van der Waals surface area contributed by atoms with Crippen LogP contribution in [0.25, 0.3) is 0 Å². The molecule has 17 heavy (non-hydrogen) atoms. The number of hydrogen-bond acceptors (Lipinski definition) is 5. The number of hydrogen-bond donors (Lipinski definition) is 1. The second kappa shape index (κ2) is 4.38. The lowest BCUT2D eigenvalue weighted by Crippen LogP contribution is -2.27. The van der Waals surface area contributed by atoms with E-state index in [0.29, 0.717) is 12.2 Å². The molecule has 0 radical (unpaired) electrons. The van der Waals surface area contributed by atoms with Gasteiger partial charge in [0.25, 0.3) is 0 Å². The van der Waals surface area contributed by atoms with Crippen molar-refractivity contribution in [2.24, 2.45) is 11.1 Å². The van der Waals surface area contributed by atoms with Crippen LogP contribution in [0.5, 0.6) is 0 Å². The molecule has 0 aromatic carbocycles. The van der Waals surface area contributed by atoms with Crippen molar-refractivity contribution >= 4 is 21.6 Å². The molecule has 2 rings (SSSR count). The van der Waals surface area contributed by atoms with E-state index in [9.17, 15) is 13.2 Å². The number of nitrogens with two attached hydrogens (primary N) is 1. The van der Waals surface area contributed by atoms with E-state index in [1.165, 1.54) is 17.3 Å². The maximum Gasteiger partial charge on any atom is 0.227 e. The molecule has 2 N–H and O–H groups in total. The molecular formula is C9H12N4O3S. The monoisotopic (exact) mass is 256 g/mol. The van der Waals surface area contributed by atoms with Crippen LogP contribution in [-0.2, 0) is 14.8 Å². The van der Waals surface area contributed by atoms with Crippen LogP contribution in [0.2, 0.25) is 0 Å². The predicted octanol–water partition coefficient (Wildman–Crippen LogP) is -0.882. The van der Waals surface area contributed by atoms with Crippen molar-refractivity contribution in [3.05, 3.63) is 18.5 Å². The summed E-state index contributed by atoms with van der Waals surface area (Å²) in [6.45, 7) is 0.348. The number of anilines is 1. The summed E-state index contributed by atoms with van der Waals surface area (Å²) in [5.74, 6) is -0.550. The zero-order chi connectivity index (χ0) is 12.5. The van der Waals surface area contributed by atoms with Gasteiger partial charge in [-0.2, -0.15) is 10.2 Å². The normalized spacial score (nSPS) is 20.9. The Morgan fingerprint density at radius 2 is 2.24 bits per heavy atom. The molecule has 2 heterocycles. The van der Waals surface area contributed by atoms with Gasteiger partial charge in [0.1, 0.15) is 0 Å². The summed E-state index contributed by atoms with van der Waals surface area (Å²) in [6, 6.07) is 1.66. The number of carbonyl (C=O) groups excluding carboxylic acids is 1. The quantitative estimate of drug-likeness (QED) is 0.755. The van der Waals surface area contributed by atoms with E-state index in [0.717, 1.165) is 0 Å². The average Bonchev–Trinajstić information content (AvgIpc) is 2.58. The largest absolute Gasteiger partial charge is 0.310 e. The summed E-state index contributed by atoms with van der Waals surface area (Å²) in [5, 5.41) is 12.3. The van der Waals surface area contributed by atoms with Crippen LogP contribution in [0.4, 0.5) is 5.69 Å². The molecule has 1 atom stereocenters. The van der Waals surface area contributed by atoms with E-state index in [-0.39, 0.29) is 24.0 Å². The first-order valence-corrected chi connectivity index (χ1v) is 6.75. The third-order valence-electron chi connectivity index (χ3n) is 2.55. The van der Waals surface area contributed by atoms with Crippen LogP contribution < -0.4 is 10.0 Å². The van der Waals surface area contributed by atoms with Gasteiger partial charge < -0.3 is 4.90 Å². The van der Waals surface area contributed by atoms with Crippen molar-refractivity contribution in [3.8, 4) is 0 Å². The molecule has 1 aliphatic heterocycles. The molecule has 1 aliphatic rings. The lowest BCUT2D eigenvalue weighted by Gasteiger charge is -2.15. The molecule has 1 saturated heterocycles. The van der Waals surface area contributed by atoms with Crippen LogP contribution in [0, 0.1) is 5.92 Å². The van der Waals surface area contributed by atoms with Gasteiger partial charge in [-0.3, -0.25) is 4.79 Å². The number of carbonyl (C=O) groups is 1. The first kappa shape index (κ1) is 11.9. The Bertz CT molecular complexity index is 516. The molecule has 8 heteroatoms. The van der Waals surface area contributed by atoms with Crippen LogP contribution >= 0.6 is 0 Å². The van der Waals surface area contributed by atoms with E-state index in [1.54, 1.807) is 6.07 Å². The third-order valence-corrected chi connectivity index (χ3v) is 3.49. The smallest absolute Gasteiger partial charge is 0.227 e. The number of aromatic nitrogens is 2. The van der Waals surface area contributed by atoms with Gasteiger partial charge in [0.2, 0.25) is 15.9 Å². The Morgan fingerprint density at radius 3 is 2.82 bits per heavy atom. The van der Waals surface area contributed by atoms with Crippen LogP contribution in [0.3, 0.4) is 0 Å². The summed E-state index contributed by atoms with van der Waals surface area (Å²) in [6.07, 6.45) is 3.14. The molecule has 1 amide bonds. The molecule has 1 aromatic heterocycles. The van der Waals surface area contributed by atoms with E-state index in [2.05, 4.69) is 10.2 Å².